The van der Waals surface area contributed by atoms with Crippen molar-refractivity contribution in [3.63, 3.8) is 0 Å². The van der Waals surface area contributed by atoms with Crippen LogP contribution in [0.4, 0.5) is 0 Å². The first-order chi connectivity index (χ1) is 66.1. The zero-order valence-corrected chi connectivity index (χ0v) is 78.8. The highest BCUT2D eigenvalue weighted by atomic mass is 32.2. The smallest absolute Gasteiger partial charge is 0.323 e. The number of hydrogen-bond donors (Lipinski definition) is 19. The Morgan fingerprint density at radius 3 is 1.74 bits per heavy atom. The van der Waals surface area contributed by atoms with Gasteiger partial charge in [0.05, 0.1) is 31.2 Å². The van der Waals surface area contributed by atoms with Gasteiger partial charge in [-0.05, 0) is 105 Å². The number of nitrogens with two attached hydrogens (primary N) is 3. The number of nitrogens with one attached hydrogen (secondary N) is 11. The quantitative estimate of drug-likeness (QED) is 0.0234. The average molecular weight is 1960 g/mol. The number of H-pyrrole nitrogens is 1. The van der Waals surface area contributed by atoms with Crippen molar-refractivity contribution in [2.24, 2.45) is 22.2 Å². The average Bonchev–Trinajstić information content (AvgIpc) is 1.66. The molecule has 4 aliphatic rings. The minimum atomic E-state index is -2.07. The number of benzene rings is 3. The number of amides is 17. The minimum absolute atomic E-state index is 0.101. The molecule has 1 unspecified atom stereocenters. The Bertz CT molecular complexity index is 5450. The van der Waals surface area contributed by atoms with Gasteiger partial charge in [-0.1, -0.05) is 88.1 Å². The Balaban J connectivity index is 1.12. The molecule has 22 N–H and O–H groups in total. The summed E-state index contributed by atoms with van der Waals surface area (Å²) in [4.78, 5) is 300. The predicted molar refractivity (Wildman–Crippen MR) is 502 cm³/mol. The lowest BCUT2D eigenvalue weighted by Gasteiger charge is -2.36. The van der Waals surface area contributed by atoms with Crippen LogP contribution in [0.2, 0.25) is 0 Å². The molecule has 0 saturated carbocycles. The van der Waals surface area contributed by atoms with E-state index < -0.39 is 279 Å². The van der Waals surface area contributed by atoms with Gasteiger partial charge in [-0.15, -0.1) is 11.8 Å². The molecular weight excluding hydrogens is 1830 g/mol. The SMILES string of the molecule is CCCC[C@H]1C(=O)N(C)[C@@H](CCCC)C(=O)N[C@@H](CC(=O)O)C(=O)N[C@H](C(=O)NCC(N)=O)CSCC(=O)N[C@@H](Cc2ccc(O)cc2)C(=O)N(C)[C@@H](C)C(=O)N[C@@H](CC(=O)O)C(=O)N2CCCC2C(=O)N[C@@H](CC2=CN=CC2)C(=O)N[C@@H](CCC(N)=O)C(=O)N2C[C@H](O)C[C@H]2C(=O)N[C@@H](Cc2c[nH]c3ccccc23)C(=O)N[C@@H](CCN)C(=O)N[C@@H](Cc2cn(CC(=O)O)c3ccccc23)C(=O)N1C. The number of aromatic nitrogens is 2. The van der Waals surface area contributed by atoms with Gasteiger partial charge < -0.3 is 130 Å². The van der Waals surface area contributed by atoms with Gasteiger partial charge in [-0.2, -0.15) is 0 Å². The number of unbranched alkanes of at least 4 members (excludes halogenated alkanes) is 2. The Hall–Kier alpha value is -14.4. The van der Waals surface area contributed by atoms with E-state index >= 15 is 38.4 Å². The maximum atomic E-state index is 15.9. The zero-order valence-electron chi connectivity index (χ0n) is 78.0. The normalized spacial score (nSPS) is 24.7. The van der Waals surface area contributed by atoms with Crippen molar-refractivity contribution in [1.29, 1.82) is 0 Å². The maximum Gasteiger partial charge on any atom is 0.323 e. The molecule has 46 nitrogen and oxygen atoms in total. The molecular formula is C92H123N21O25S. The highest BCUT2D eigenvalue weighted by molar-refractivity contribution is 8.00. The number of aliphatic imine (C=N–C) groups is 1. The van der Waals surface area contributed by atoms with Crippen molar-refractivity contribution >= 4 is 158 Å². The maximum absolute atomic E-state index is 15.9. The number of carbonyl (C=O) groups is 20. The van der Waals surface area contributed by atoms with Crippen LogP contribution in [0.1, 0.15) is 140 Å². The fourth-order valence-electron chi connectivity index (χ4n) is 17.1. The van der Waals surface area contributed by atoms with Crippen LogP contribution >= 0.6 is 11.8 Å². The topological polar surface area (TPSA) is 690 Å². The third-order valence-corrected chi connectivity index (χ3v) is 25.7. The number of phenols is 1. The number of para-hydroxylation sites is 2. The molecule has 17 amide bonds. The number of aliphatic carboxylic acids is 3. The van der Waals surface area contributed by atoms with Gasteiger partial charge in [0.25, 0.3) is 0 Å². The lowest BCUT2D eigenvalue weighted by atomic mass is 9.99. The predicted octanol–water partition coefficient (Wildman–Crippen LogP) is -3.20. The fourth-order valence-corrected chi connectivity index (χ4v) is 17.9. The number of carbonyl (C=O) groups excluding carboxylic acids is 17. The van der Waals surface area contributed by atoms with Crippen molar-refractivity contribution in [3.8, 4) is 5.75 Å². The van der Waals surface area contributed by atoms with Crippen LogP contribution in [0.15, 0.2) is 102 Å². The summed E-state index contributed by atoms with van der Waals surface area (Å²) in [5.41, 5.74) is 19.8. The van der Waals surface area contributed by atoms with Gasteiger partial charge in [0.1, 0.15) is 96.9 Å². The molecule has 752 valence electrons. The van der Waals surface area contributed by atoms with Crippen LogP contribution in [0, 0.1) is 0 Å². The van der Waals surface area contributed by atoms with Crippen molar-refractivity contribution in [2.75, 3.05) is 58.8 Å². The Morgan fingerprint density at radius 1 is 0.540 bits per heavy atom. The first kappa shape index (κ1) is 108. The molecule has 5 aromatic rings. The molecule has 0 bridgehead atoms. The van der Waals surface area contributed by atoms with Crippen LogP contribution in [-0.2, 0) is 122 Å². The van der Waals surface area contributed by atoms with E-state index in [0.29, 0.717) is 68.7 Å². The van der Waals surface area contributed by atoms with E-state index in [4.69, 9.17) is 17.2 Å². The molecule has 9 rings (SSSR count). The summed E-state index contributed by atoms with van der Waals surface area (Å²) < 4.78 is 1.39. The second-order valence-electron chi connectivity index (χ2n) is 34.9. The number of likely N-dealkylation sites (N-methyl/N-ethyl adjacent to an activating group) is 3. The molecule has 0 radical (unpaired) electrons. The van der Waals surface area contributed by atoms with Gasteiger partial charge >= 0.3 is 17.9 Å². The molecule has 3 aromatic carbocycles. The first-order valence-electron chi connectivity index (χ1n) is 45.8. The number of carboxylic acids is 3. The summed E-state index contributed by atoms with van der Waals surface area (Å²) in [6.45, 7) is 2.22. The molecule has 2 aromatic heterocycles. The van der Waals surface area contributed by atoms with E-state index in [2.05, 4.69) is 63.1 Å². The molecule has 15 atom stereocenters. The zero-order chi connectivity index (χ0) is 102. The molecule has 139 heavy (non-hydrogen) atoms. The van der Waals surface area contributed by atoms with E-state index in [1.807, 2.05) is 0 Å². The van der Waals surface area contributed by atoms with Crippen LogP contribution in [0.3, 0.4) is 0 Å². The molecule has 4 aliphatic heterocycles. The number of hydrogen-bond acceptors (Lipinski definition) is 25. The summed E-state index contributed by atoms with van der Waals surface area (Å²) in [7, 11) is 3.63. The second-order valence-corrected chi connectivity index (χ2v) is 35.9. The van der Waals surface area contributed by atoms with Crippen molar-refractivity contribution < 1.29 is 121 Å². The number of aromatic hydroxyl groups is 1. The third kappa shape index (κ3) is 30.1. The van der Waals surface area contributed by atoms with Gasteiger partial charge in [0, 0.05) is 125 Å². The van der Waals surface area contributed by atoms with Crippen LogP contribution in [-0.4, -0.2) is 334 Å². The van der Waals surface area contributed by atoms with Crippen molar-refractivity contribution in [3.05, 3.63) is 114 Å². The van der Waals surface area contributed by atoms with Crippen LogP contribution in [0.5, 0.6) is 5.75 Å². The molecule has 3 saturated heterocycles. The van der Waals surface area contributed by atoms with Gasteiger partial charge in [-0.3, -0.25) is 101 Å². The summed E-state index contributed by atoms with van der Waals surface area (Å²) >= 11 is 0.650. The first-order valence-corrected chi connectivity index (χ1v) is 46.9. The summed E-state index contributed by atoms with van der Waals surface area (Å²) in [6.07, 6.45) is -0.129. The highest BCUT2D eigenvalue weighted by Gasteiger charge is 2.47. The van der Waals surface area contributed by atoms with E-state index in [1.165, 1.54) is 68.5 Å². The van der Waals surface area contributed by atoms with E-state index in [0.717, 1.165) is 31.5 Å². The summed E-state index contributed by atoms with van der Waals surface area (Å²) in [5, 5.41) is 78.8. The van der Waals surface area contributed by atoms with Crippen molar-refractivity contribution in [1.82, 2.24) is 87.2 Å². The van der Waals surface area contributed by atoms with Crippen LogP contribution < -0.4 is 70.4 Å². The standard InChI is InChI=1S/C92H123N21O25S/c1-7-9-19-69-85(131)104-63(39-76(119)120)84(130)107-67(80(126)98-43-74(95)117)47-139-48-75(118)99-64(34-50-23-25-54(114)26-24-50)88(134)108(4)49(3)79(125)105-66(40-77(121)122)91(137)112-33-15-22-70(112)86(132)102-61(35-51-30-32-96-41-51)82(128)101-60(27-28-73(94)116)90(136)113-45-55(115)38-72(113)87(133)103-62(36-52-42-97-58-18-13-11-16-56(52)58)83(129)100-59(29-31-93)81(127)106-65(89(135)110(6)71(20-10-8-2)92(138)109(69)5)37-53-44-111(46-78(123)124)68-21-14-12-17-57(53)68/h11-14,16-18,21,23-26,32,41-42,44,49,55,59-67,69-72,97,114-115H,7-10,15,19-20,22,27-31,33-40,43,45-48,93H2,1-6H3,(H2,94,116)(H2,95,117)(H,98,126)(H,99,118)(H,100,129)(H,101,128)(H,102,132)(H,103,133)(H,104,131)(H,105,125)(H,106,127)(H,107,130)(H,119,120)(H,121,122)(H,123,124)/t49-,55+,59-,60-,61-,62-,63-,64-,65-,66-,67-,69-,70?,71-,72-/m0/s1. The summed E-state index contributed by atoms with van der Waals surface area (Å²) in [6, 6.07) is -5.07. The van der Waals surface area contributed by atoms with E-state index in [9.17, 15) is 83.1 Å². The molecule has 3 fully saturated rings. The van der Waals surface area contributed by atoms with Crippen molar-refractivity contribution in [2.45, 2.75) is 240 Å². The largest absolute Gasteiger partial charge is 0.508 e. The Kier molecular flexibility index (Phi) is 39.8. The lowest BCUT2D eigenvalue weighted by molar-refractivity contribution is -0.149. The number of aliphatic hydroxyl groups excluding tert-OH is 1. The highest BCUT2D eigenvalue weighted by Crippen LogP contribution is 2.29. The molecule has 6 heterocycles. The van der Waals surface area contributed by atoms with E-state index in [1.54, 1.807) is 68.6 Å². The number of aromatic amines is 1. The number of fused-ring (bicyclic) bond motifs is 4. The number of carboxylic acid groups (broad SMARTS) is 3. The molecule has 0 spiro atoms. The Labute approximate surface area is 803 Å². The van der Waals surface area contributed by atoms with Crippen LogP contribution in [0.25, 0.3) is 21.8 Å². The number of primary amides is 2. The number of phenolic OH excluding ortho intramolecular Hbond substituents is 1. The number of aliphatic hydroxyl groups is 1. The number of thioether (sulfide) groups is 1. The number of nitrogens with zero attached hydrogens (tertiary/aromatic N) is 7. The third-order valence-electron chi connectivity index (χ3n) is 24.6. The Morgan fingerprint density at radius 2 is 1.10 bits per heavy atom. The second kappa shape index (κ2) is 51.2. The fraction of sp³-hybridized carbons (Fsp3) is 0.511. The van der Waals surface area contributed by atoms with Gasteiger partial charge in [0.2, 0.25) is 100 Å². The van der Waals surface area contributed by atoms with Gasteiger partial charge in [0.15, 0.2) is 0 Å². The monoisotopic (exact) mass is 1950 g/mol. The van der Waals surface area contributed by atoms with Gasteiger partial charge in [-0.25, -0.2) is 0 Å². The number of rotatable bonds is 28. The summed E-state index contributed by atoms with van der Waals surface area (Å²) in [5.74, 6) is -23.8. The van der Waals surface area contributed by atoms with E-state index in [-0.39, 0.29) is 89.5 Å². The molecule has 47 heteroatoms. The molecule has 0 aliphatic carbocycles. The minimum Gasteiger partial charge on any atom is -0.508 e. The lowest BCUT2D eigenvalue weighted by Crippen LogP contribution is -2.61.